The molecule has 8 heteroatoms. The smallest absolute Gasteiger partial charge is 0.312 e. The fourth-order valence-corrected chi connectivity index (χ4v) is 4.92. The van der Waals surface area contributed by atoms with Crippen molar-refractivity contribution in [1.29, 1.82) is 0 Å². The molecule has 0 radical (unpaired) electrons. The first kappa shape index (κ1) is 24.7. The van der Waals surface area contributed by atoms with Gasteiger partial charge in [-0.2, -0.15) is 0 Å². The Balaban J connectivity index is 1.37. The Hall–Kier alpha value is -3.42. The summed E-state index contributed by atoms with van der Waals surface area (Å²) in [5, 5.41) is 0. The Morgan fingerprint density at radius 3 is 2.26 bits per heavy atom. The fraction of sp³-hybridized carbons (Fsp3) is 0.444. The normalized spacial score (nSPS) is 17.7. The van der Waals surface area contributed by atoms with Crippen molar-refractivity contribution in [3.8, 4) is 0 Å². The molecule has 0 unspecified atom stereocenters. The van der Waals surface area contributed by atoms with Gasteiger partial charge < -0.3 is 19.6 Å². The molecule has 2 aliphatic heterocycles. The zero-order chi connectivity index (χ0) is 25.1. The van der Waals surface area contributed by atoms with Crippen LogP contribution >= 0.6 is 0 Å². The van der Waals surface area contributed by atoms with Crippen molar-refractivity contribution in [2.45, 2.75) is 39.8 Å². The van der Waals surface area contributed by atoms with Gasteiger partial charge in [0.1, 0.15) is 11.9 Å². The molecule has 3 amide bonds. The first-order valence-corrected chi connectivity index (χ1v) is 12.2. The van der Waals surface area contributed by atoms with E-state index in [9.17, 15) is 18.8 Å². The number of amides is 3. The molecule has 0 saturated carbocycles. The lowest BCUT2D eigenvalue weighted by molar-refractivity contribution is -0.161. The van der Waals surface area contributed by atoms with Crippen LogP contribution in [0.25, 0.3) is 0 Å². The van der Waals surface area contributed by atoms with Gasteiger partial charge in [0.2, 0.25) is 5.91 Å². The average molecular weight is 481 g/mol. The Morgan fingerprint density at radius 1 is 0.914 bits per heavy atom. The maximum Gasteiger partial charge on any atom is 0.312 e. The summed E-state index contributed by atoms with van der Waals surface area (Å²) >= 11 is 0. The highest BCUT2D eigenvalue weighted by Crippen LogP contribution is 2.24. The molecular weight excluding hydrogens is 447 g/mol. The number of hydrogen-bond donors (Lipinski definition) is 0. The van der Waals surface area contributed by atoms with Crippen molar-refractivity contribution in [3.05, 3.63) is 65.0 Å². The van der Waals surface area contributed by atoms with E-state index >= 15 is 0 Å². The zero-order valence-electron chi connectivity index (χ0n) is 20.7. The molecule has 4 rings (SSSR count). The van der Waals surface area contributed by atoms with Gasteiger partial charge in [0.05, 0.1) is 0 Å². The molecule has 2 fully saturated rings. The highest BCUT2D eigenvalue weighted by atomic mass is 19.1. The molecule has 0 spiro atoms. The quantitative estimate of drug-likeness (QED) is 0.597. The first-order chi connectivity index (χ1) is 16.8. The van der Waals surface area contributed by atoms with E-state index in [2.05, 4.69) is 36.9 Å². The number of nitrogens with zero attached hydrogens (tertiary/aromatic N) is 4. The van der Waals surface area contributed by atoms with Crippen LogP contribution in [-0.4, -0.2) is 77.7 Å². The van der Waals surface area contributed by atoms with Crippen LogP contribution in [0.2, 0.25) is 0 Å². The Labute approximate surface area is 206 Å². The van der Waals surface area contributed by atoms with Crippen LogP contribution in [0, 0.1) is 19.7 Å². The van der Waals surface area contributed by atoms with E-state index in [1.807, 2.05) is 11.8 Å². The van der Waals surface area contributed by atoms with Crippen molar-refractivity contribution in [3.63, 3.8) is 0 Å². The second kappa shape index (κ2) is 10.5. The third-order valence-electron chi connectivity index (χ3n) is 6.97. The molecule has 2 aromatic rings. The fourth-order valence-electron chi connectivity index (χ4n) is 4.92. The molecule has 2 heterocycles. The van der Waals surface area contributed by atoms with Gasteiger partial charge in [0.15, 0.2) is 0 Å². The summed E-state index contributed by atoms with van der Waals surface area (Å²) in [7, 11) is 0. The summed E-state index contributed by atoms with van der Waals surface area (Å²) in [6.07, 6.45) is 0.451. The molecular formula is C27H33FN4O3. The van der Waals surface area contributed by atoms with E-state index in [4.69, 9.17) is 0 Å². The molecule has 7 nitrogen and oxygen atoms in total. The maximum absolute atomic E-state index is 13.4. The lowest BCUT2D eigenvalue weighted by Crippen LogP contribution is -2.61. The molecule has 186 valence electrons. The van der Waals surface area contributed by atoms with E-state index in [1.54, 1.807) is 12.1 Å². The van der Waals surface area contributed by atoms with E-state index < -0.39 is 17.9 Å². The van der Waals surface area contributed by atoms with Crippen molar-refractivity contribution in [1.82, 2.24) is 14.7 Å². The first-order valence-electron chi connectivity index (χ1n) is 12.2. The molecule has 0 bridgehead atoms. The topological polar surface area (TPSA) is 64.2 Å². The van der Waals surface area contributed by atoms with Gasteiger partial charge in [-0.25, -0.2) is 4.39 Å². The van der Waals surface area contributed by atoms with E-state index in [-0.39, 0.29) is 18.3 Å². The SMILES string of the molecule is CC[C@H](C(=O)N1CCN(c2cc(C)ccc2C)CC1)N1CCN(Cc2ccc(F)cc2)C(=O)C1=O. The number of carbonyl (C=O) groups excluding carboxylic acids is 3. The number of piperazine rings is 2. The minimum absolute atomic E-state index is 0.0961. The van der Waals surface area contributed by atoms with Crippen LogP contribution in [0.15, 0.2) is 42.5 Å². The second-order valence-electron chi connectivity index (χ2n) is 9.38. The minimum Gasteiger partial charge on any atom is -0.368 e. The van der Waals surface area contributed by atoms with Crippen LogP contribution in [0.5, 0.6) is 0 Å². The highest BCUT2D eigenvalue weighted by Gasteiger charge is 2.40. The molecule has 0 aromatic heterocycles. The van der Waals surface area contributed by atoms with Crippen LogP contribution < -0.4 is 4.90 Å². The minimum atomic E-state index is -0.647. The summed E-state index contributed by atoms with van der Waals surface area (Å²) in [6.45, 7) is 9.54. The summed E-state index contributed by atoms with van der Waals surface area (Å²) in [6, 6.07) is 11.6. The molecule has 2 aromatic carbocycles. The number of anilines is 1. The van der Waals surface area contributed by atoms with Crippen molar-refractivity contribution in [2.75, 3.05) is 44.2 Å². The van der Waals surface area contributed by atoms with Crippen LogP contribution in [-0.2, 0) is 20.9 Å². The Bertz CT molecular complexity index is 1100. The van der Waals surface area contributed by atoms with E-state index in [0.29, 0.717) is 32.6 Å². The third kappa shape index (κ3) is 5.31. The highest BCUT2D eigenvalue weighted by molar-refractivity contribution is 6.35. The number of aryl methyl sites for hydroxylation is 2. The summed E-state index contributed by atoms with van der Waals surface area (Å²) in [5.41, 5.74) is 4.37. The lowest BCUT2D eigenvalue weighted by Gasteiger charge is -2.42. The summed E-state index contributed by atoms with van der Waals surface area (Å²) in [5.74, 6) is -1.71. The van der Waals surface area contributed by atoms with Gasteiger partial charge in [0, 0.05) is 51.5 Å². The van der Waals surface area contributed by atoms with Gasteiger partial charge >= 0.3 is 11.8 Å². The van der Waals surface area contributed by atoms with E-state index in [0.717, 1.165) is 18.7 Å². The average Bonchev–Trinajstić information content (AvgIpc) is 2.86. The maximum atomic E-state index is 13.4. The number of halogens is 1. The molecule has 0 N–H and O–H groups in total. The predicted molar refractivity (Wildman–Crippen MR) is 132 cm³/mol. The number of hydrogen-bond acceptors (Lipinski definition) is 4. The number of benzene rings is 2. The van der Waals surface area contributed by atoms with Crippen LogP contribution in [0.4, 0.5) is 10.1 Å². The zero-order valence-corrected chi connectivity index (χ0v) is 20.7. The molecule has 35 heavy (non-hydrogen) atoms. The lowest BCUT2D eigenvalue weighted by atomic mass is 10.1. The largest absolute Gasteiger partial charge is 0.368 e. The van der Waals surface area contributed by atoms with Crippen molar-refractivity contribution < 1.29 is 18.8 Å². The number of rotatable bonds is 6. The molecule has 2 aliphatic rings. The number of carbonyl (C=O) groups is 3. The molecule has 2 saturated heterocycles. The van der Waals surface area contributed by atoms with Crippen molar-refractivity contribution in [2.24, 2.45) is 0 Å². The predicted octanol–water partition coefficient (Wildman–Crippen LogP) is 2.74. The van der Waals surface area contributed by atoms with Crippen molar-refractivity contribution >= 4 is 23.4 Å². The molecule has 0 aliphatic carbocycles. The Kier molecular flexibility index (Phi) is 7.38. The standard InChI is InChI=1S/C27H33FN4O3/c1-4-23(25(33)30-13-11-29(12-14-30)24-17-19(2)5-6-20(24)3)32-16-15-31(26(34)27(32)35)18-21-7-9-22(28)10-8-21/h5-10,17,23H,4,11-16,18H2,1-3H3/t23-/m1/s1. The van der Waals surface area contributed by atoms with Crippen LogP contribution in [0.3, 0.4) is 0 Å². The summed E-state index contributed by atoms with van der Waals surface area (Å²) < 4.78 is 13.2. The van der Waals surface area contributed by atoms with Gasteiger partial charge in [0.25, 0.3) is 0 Å². The summed E-state index contributed by atoms with van der Waals surface area (Å²) in [4.78, 5) is 46.2. The van der Waals surface area contributed by atoms with Gasteiger partial charge in [-0.15, -0.1) is 0 Å². The molecule has 1 atom stereocenters. The van der Waals surface area contributed by atoms with Gasteiger partial charge in [-0.05, 0) is 55.2 Å². The van der Waals surface area contributed by atoms with Gasteiger partial charge in [-0.3, -0.25) is 14.4 Å². The van der Waals surface area contributed by atoms with Gasteiger partial charge in [-0.1, -0.05) is 31.2 Å². The van der Waals surface area contributed by atoms with Crippen LogP contribution in [0.1, 0.15) is 30.0 Å². The Morgan fingerprint density at radius 2 is 1.60 bits per heavy atom. The monoisotopic (exact) mass is 480 g/mol. The third-order valence-corrected chi connectivity index (χ3v) is 6.97. The van der Waals surface area contributed by atoms with E-state index in [1.165, 1.54) is 38.7 Å². The second-order valence-corrected chi connectivity index (χ2v) is 9.38.